The second-order valence-electron chi connectivity index (χ2n) is 6.26. The first kappa shape index (κ1) is 20.5. The Hall–Kier alpha value is -1.80. The predicted octanol–water partition coefficient (Wildman–Crippen LogP) is 2.88. The molecule has 1 aliphatic rings. The SMILES string of the molecule is CSc1ccc(C=NN=C2NC(=O)C(CC(=O)NCCC(C)C)S2)cc1. The Kier molecular flexibility index (Phi) is 8.18. The van der Waals surface area contributed by atoms with Crippen LogP contribution in [0.1, 0.15) is 32.3 Å². The first-order valence-electron chi connectivity index (χ1n) is 8.47. The van der Waals surface area contributed by atoms with Crippen molar-refractivity contribution in [1.29, 1.82) is 0 Å². The molecule has 0 aliphatic carbocycles. The number of thioether (sulfide) groups is 2. The predicted molar refractivity (Wildman–Crippen MR) is 110 cm³/mol. The van der Waals surface area contributed by atoms with Gasteiger partial charge in [0.25, 0.3) is 0 Å². The third-order valence-electron chi connectivity index (χ3n) is 3.66. The van der Waals surface area contributed by atoms with Crippen LogP contribution in [-0.2, 0) is 9.59 Å². The molecule has 26 heavy (non-hydrogen) atoms. The van der Waals surface area contributed by atoms with Gasteiger partial charge in [0.1, 0.15) is 5.25 Å². The number of carbonyl (C=O) groups is 2. The first-order valence-corrected chi connectivity index (χ1v) is 10.6. The summed E-state index contributed by atoms with van der Waals surface area (Å²) < 4.78 is 0. The minimum Gasteiger partial charge on any atom is -0.356 e. The Bertz CT molecular complexity index is 687. The third-order valence-corrected chi connectivity index (χ3v) is 5.48. The molecular formula is C18H24N4O2S2. The fourth-order valence-electron chi connectivity index (χ4n) is 2.17. The quantitative estimate of drug-likeness (QED) is 0.405. The zero-order valence-electron chi connectivity index (χ0n) is 15.2. The number of benzene rings is 1. The van der Waals surface area contributed by atoms with E-state index in [0.29, 0.717) is 17.6 Å². The van der Waals surface area contributed by atoms with Crippen molar-refractivity contribution in [3.05, 3.63) is 29.8 Å². The van der Waals surface area contributed by atoms with E-state index < -0.39 is 5.25 Å². The highest BCUT2D eigenvalue weighted by Gasteiger charge is 2.32. The van der Waals surface area contributed by atoms with Gasteiger partial charge in [-0.1, -0.05) is 37.7 Å². The summed E-state index contributed by atoms with van der Waals surface area (Å²) in [6, 6.07) is 7.94. The maximum Gasteiger partial charge on any atom is 0.240 e. The summed E-state index contributed by atoms with van der Waals surface area (Å²) in [5, 5.41) is 13.5. The minimum atomic E-state index is -0.455. The second kappa shape index (κ2) is 10.4. The van der Waals surface area contributed by atoms with Gasteiger partial charge in [0.2, 0.25) is 11.8 Å². The van der Waals surface area contributed by atoms with Crippen LogP contribution in [-0.4, -0.2) is 41.2 Å². The molecule has 1 unspecified atom stereocenters. The lowest BCUT2D eigenvalue weighted by Crippen LogP contribution is -2.32. The molecule has 2 amide bonds. The van der Waals surface area contributed by atoms with Crippen LogP contribution in [0.25, 0.3) is 0 Å². The second-order valence-corrected chi connectivity index (χ2v) is 8.33. The van der Waals surface area contributed by atoms with E-state index in [1.165, 1.54) is 16.7 Å². The van der Waals surface area contributed by atoms with Gasteiger partial charge < -0.3 is 10.6 Å². The summed E-state index contributed by atoms with van der Waals surface area (Å²) in [5.74, 6) is 0.220. The van der Waals surface area contributed by atoms with Crippen molar-refractivity contribution >= 4 is 46.7 Å². The van der Waals surface area contributed by atoms with Crippen LogP contribution in [0.3, 0.4) is 0 Å². The maximum absolute atomic E-state index is 12.0. The normalized spacial score (nSPS) is 18.7. The van der Waals surface area contributed by atoms with Crippen LogP contribution < -0.4 is 10.6 Å². The van der Waals surface area contributed by atoms with E-state index in [9.17, 15) is 9.59 Å². The van der Waals surface area contributed by atoms with Crippen molar-refractivity contribution in [1.82, 2.24) is 10.6 Å². The Labute approximate surface area is 162 Å². The van der Waals surface area contributed by atoms with Crippen LogP contribution in [0.15, 0.2) is 39.4 Å². The molecule has 1 fully saturated rings. The summed E-state index contributed by atoms with van der Waals surface area (Å²) in [5.41, 5.74) is 0.933. The molecular weight excluding hydrogens is 368 g/mol. The van der Waals surface area contributed by atoms with E-state index in [0.717, 1.165) is 12.0 Å². The number of nitrogens with zero attached hydrogens (tertiary/aromatic N) is 2. The van der Waals surface area contributed by atoms with Gasteiger partial charge in [-0.25, -0.2) is 0 Å². The van der Waals surface area contributed by atoms with Gasteiger partial charge in [-0.15, -0.1) is 16.9 Å². The molecule has 0 saturated carbocycles. The Morgan fingerprint density at radius 3 is 2.77 bits per heavy atom. The zero-order chi connectivity index (χ0) is 18.9. The highest BCUT2D eigenvalue weighted by atomic mass is 32.2. The molecule has 140 valence electrons. The molecule has 1 heterocycles. The number of rotatable bonds is 8. The van der Waals surface area contributed by atoms with E-state index in [4.69, 9.17) is 0 Å². The first-order chi connectivity index (χ1) is 12.5. The van der Waals surface area contributed by atoms with Gasteiger partial charge in [-0.05, 0) is 36.3 Å². The molecule has 0 bridgehead atoms. The Morgan fingerprint density at radius 2 is 2.12 bits per heavy atom. The largest absolute Gasteiger partial charge is 0.356 e. The zero-order valence-corrected chi connectivity index (χ0v) is 16.8. The molecule has 0 spiro atoms. The van der Waals surface area contributed by atoms with Crippen molar-refractivity contribution in [3.63, 3.8) is 0 Å². The standard InChI is InChI=1S/C18H24N4O2S2/c1-12(2)8-9-19-16(23)10-15-17(24)21-18(26-15)22-20-11-13-4-6-14(25-3)7-5-13/h4-7,11-12,15H,8-10H2,1-3H3,(H,19,23)(H,21,22,24). The van der Waals surface area contributed by atoms with Gasteiger partial charge in [-0.3, -0.25) is 9.59 Å². The minimum absolute atomic E-state index is 0.114. The van der Waals surface area contributed by atoms with Gasteiger partial charge >= 0.3 is 0 Å². The molecule has 1 atom stereocenters. The third kappa shape index (κ3) is 6.84. The topological polar surface area (TPSA) is 82.9 Å². The molecule has 2 rings (SSSR count). The average molecular weight is 393 g/mol. The summed E-state index contributed by atoms with van der Waals surface area (Å²) in [7, 11) is 0. The number of hydrogen-bond donors (Lipinski definition) is 2. The molecule has 0 radical (unpaired) electrons. The van der Waals surface area contributed by atoms with Crippen LogP contribution in [0, 0.1) is 5.92 Å². The van der Waals surface area contributed by atoms with Crippen molar-refractivity contribution in [2.45, 2.75) is 36.8 Å². The van der Waals surface area contributed by atoms with Crippen molar-refractivity contribution < 1.29 is 9.59 Å². The van der Waals surface area contributed by atoms with Gasteiger partial charge in [0, 0.05) is 17.9 Å². The summed E-state index contributed by atoms with van der Waals surface area (Å²) in [4.78, 5) is 25.0. The molecule has 1 aromatic carbocycles. The number of carbonyl (C=O) groups excluding carboxylic acids is 2. The number of amidine groups is 1. The van der Waals surface area contributed by atoms with Crippen LogP contribution in [0.4, 0.5) is 0 Å². The maximum atomic E-state index is 12.0. The fraction of sp³-hybridized carbons (Fsp3) is 0.444. The van der Waals surface area contributed by atoms with Crippen molar-refractivity contribution in [2.75, 3.05) is 12.8 Å². The van der Waals surface area contributed by atoms with Crippen molar-refractivity contribution in [2.24, 2.45) is 16.1 Å². The highest BCUT2D eigenvalue weighted by molar-refractivity contribution is 8.15. The lowest BCUT2D eigenvalue weighted by atomic mass is 10.1. The van der Waals surface area contributed by atoms with E-state index in [-0.39, 0.29) is 18.2 Å². The summed E-state index contributed by atoms with van der Waals surface area (Å²) in [6.07, 6.45) is 4.73. The monoisotopic (exact) mass is 392 g/mol. The van der Waals surface area contributed by atoms with Crippen LogP contribution in [0.5, 0.6) is 0 Å². The van der Waals surface area contributed by atoms with Gasteiger partial charge in [0.05, 0.1) is 6.21 Å². The van der Waals surface area contributed by atoms with Crippen LogP contribution in [0.2, 0.25) is 0 Å². The summed E-state index contributed by atoms with van der Waals surface area (Å²) >= 11 is 2.92. The Morgan fingerprint density at radius 1 is 1.38 bits per heavy atom. The highest BCUT2D eigenvalue weighted by Crippen LogP contribution is 2.22. The van der Waals surface area contributed by atoms with E-state index in [2.05, 4.69) is 34.7 Å². The molecule has 8 heteroatoms. The van der Waals surface area contributed by atoms with Crippen molar-refractivity contribution in [3.8, 4) is 0 Å². The Balaban J connectivity index is 1.82. The summed E-state index contributed by atoms with van der Waals surface area (Å²) in [6.45, 7) is 4.84. The molecule has 2 N–H and O–H groups in total. The lowest BCUT2D eigenvalue weighted by Gasteiger charge is -2.08. The van der Waals surface area contributed by atoms with E-state index >= 15 is 0 Å². The molecule has 1 aromatic rings. The average Bonchev–Trinajstić information content (AvgIpc) is 2.94. The fourth-order valence-corrected chi connectivity index (χ4v) is 3.50. The number of nitrogens with one attached hydrogen (secondary N) is 2. The molecule has 0 aromatic heterocycles. The van der Waals surface area contributed by atoms with Gasteiger partial charge in [0.15, 0.2) is 5.17 Å². The van der Waals surface area contributed by atoms with E-state index in [1.54, 1.807) is 18.0 Å². The van der Waals surface area contributed by atoms with E-state index in [1.807, 2.05) is 30.5 Å². The molecule has 1 saturated heterocycles. The number of amides is 2. The molecule has 6 nitrogen and oxygen atoms in total. The smallest absolute Gasteiger partial charge is 0.240 e. The van der Waals surface area contributed by atoms with Gasteiger partial charge in [-0.2, -0.15) is 5.10 Å². The van der Waals surface area contributed by atoms with Crippen LogP contribution >= 0.6 is 23.5 Å². The lowest BCUT2D eigenvalue weighted by molar-refractivity contribution is -0.125. The molecule has 1 aliphatic heterocycles. The number of hydrogen-bond acceptors (Lipinski definition) is 6.